The molecule has 204 valence electrons. The van der Waals surface area contributed by atoms with E-state index in [1.807, 2.05) is 0 Å². The van der Waals surface area contributed by atoms with Gasteiger partial charge in [0.15, 0.2) is 11.6 Å². The minimum atomic E-state index is -0.508. The van der Waals surface area contributed by atoms with Gasteiger partial charge < -0.3 is 33.3 Å². The predicted molar refractivity (Wildman–Crippen MR) is 130 cm³/mol. The van der Waals surface area contributed by atoms with Gasteiger partial charge >= 0.3 is 18.5 Å². The maximum atomic E-state index is 11.6. The first-order valence-corrected chi connectivity index (χ1v) is 12.7. The molecule has 0 aromatic heterocycles. The lowest BCUT2D eigenvalue weighted by molar-refractivity contribution is -0.179. The summed E-state index contributed by atoms with van der Waals surface area (Å²) < 4.78 is 31.5. The predicted octanol–water partition coefficient (Wildman–Crippen LogP) is 3.38. The molecular weight excluding hydrogens is 484 g/mol. The molecule has 11 nitrogen and oxygen atoms in total. The van der Waals surface area contributed by atoms with Crippen LogP contribution in [0.25, 0.3) is 9.69 Å². The van der Waals surface area contributed by atoms with E-state index < -0.39 is 17.7 Å². The fourth-order valence-electron chi connectivity index (χ4n) is 4.39. The molecule has 2 aliphatic carbocycles. The molecule has 11 heteroatoms. The Hall–Kier alpha value is -2.83. The zero-order valence-corrected chi connectivity index (χ0v) is 21.7. The number of hydrogen-bond donors (Lipinski definition) is 0. The minimum Gasteiger partial charge on any atom is -0.471 e. The zero-order valence-electron chi connectivity index (χ0n) is 21.7. The van der Waals surface area contributed by atoms with E-state index in [9.17, 15) is 14.4 Å². The molecule has 0 unspecified atom stereocenters. The summed E-state index contributed by atoms with van der Waals surface area (Å²) in [7, 11) is 0. The molecule has 2 heterocycles. The van der Waals surface area contributed by atoms with Crippen molar-refractivity contribution in [3.05, 3.63) is 34.1 Å². The van der Waals surface area contributed by atoms with E-state index in [0.29, 0.717) is 83.9 Å². The number of ketones is 1. The summed E-state index contributed by atoms with van der Waals surface area (Å²) in [4.78, 5) is 38.9. The number of carbonyl (C=O) groups is 3. The summed E-state index contributed by atoms with van der Waals surface area (Å²) in [5.74, 6) is -1.44. The molecule has 0 N–H and O–H groups in total. The highest BCUT2D eigenvalue weighted by molar-refractivity contribution is 5.91. The lowest BCUT2D eigenvalue weighted by Gasteiger charge is -2.32. The Labute approximate surface area is 218 Å². The van der Waals surface area contributed by atoms with Crippen LogP contribution in [0, 0.1) is 13.1 Å². The lowest BCUT2D eigenvalue weighted by atomic mass is 9.88. The number of ether oxygens (including phenoxy) is 6. The average Bonchev–Trinajstić information content (AvgIpc) is 3.55. The standard InChI is InChI=1S/C13H17NO4.C8H12O3.C5H7NO2/c1-3-16-12(15)11(14-2)10-4-6-13(7-5-10)17-8-9-18-13;9-7-1-3-8(4-2-7)10-5-6-11-8;1-3-8-5(7)4-6-2/h3-9H2,1H3;1-6H2;3-4H2,1H3. The van der Waals surface area contributed by atoms with Crippen molar-refractivity contribution < 1.29 is 42.8 Å². The highest BCUT2D eigenvalue weighted by atomic mass is 16.7. The van der Waals surface area contributed by atoms with Crippen LogP contribution in [-0.2, 0) is 42.8 Å². The summed E-state index contributed by atoms with van der Waals surface area (Å²) in [5, 5.41) is 0. The highest BCUT2D eigenvalue weighted by Gasteiger charge is 2.40. The minimum absolute atomic E-state index is 0.143. The molecule has 2 saturated heterocycles. The van der Waals surface area contributed by atoms with Gasteiger partial charge in [-0.05, 0) is 26.7 Å². The van der Waals surface area contributed by atoms with Crippen molar-refractivity contribution in [1.29, 1.82) is 0 Å². The Morgan fingerprint density at radius 2 is 1.27 bits per heavy atom. The van der Waals surface area contributed by atoms with E-state index in [0.717, 1.165) is 18.4 Å². The van der Waals surface area contributed by atoms with Crippen LogP contribution in [0.15, 0.2) is 11.3 Å². The van der Waals surface area contributed by atoms with Crippen molar-refractivity contribution >= 4 is 17.7 Å². The SMILES string of the molecule is O=C1CCC2(CC1)OCCO2.[C-]#[N+]C(C(=O)OCC)=C1CCC2(CC1)OCCO2.[C-]#[N+]CC(=O)OCC. The van der Waals surface area contributed by atoms with Crippen LogP contribution in [0.4, 0.5) is 0 Å². The maximum absolute atomic E-state index is 11.6. The van der Waals surface area contributed by atoms with E-state index in [2.05, 4.69) is 14.4 Å². The van der Waals surface area contributed by atoms with E-state index >= 15 is 0 Å². The smallest absolute Gasteiger partial charge is 0.387 e. The monoisotopic (exact) mass is 520 g/mol. The van der Waals surface area contributed by atoms with Crippen LogP contribution in [0.2, 0.25) is 0 Å². The first-order valence-electron chi connectivity index (χ1n) is 12.7. The molecule has 4 fully saturated rings. The molecule has 2 aliphatic heterocycles. The third kappa shape index (κ3) is 9.52. The quantitative estimate of drug-likeness (QED) is 0.312. The van der Waals surface area contributed by atoms with Crippen LogP contribution in [0.3, 0.4) is 0 Å². The third-order valence-corrected chi connectivity index (χ3v) is 6.24. The summed E-state index contributed by atoms with van der Waals surface area (Å²) >= 11 is 0. The Balaban J connectivity index is 0.000000216. The van der Waals surface area contributed by atoms with E-state index in [4.69, 9.17) is 36.8 Å². The van der Waals surface area contributed by atoms with Gasteiger partial charge in [0.2, 0.25) is 0 Å². The lowest BCUT2D eigenvalue weighted by Crippen LogP contribution is -2.35. The van der Waals surface area contributed by atoms with E-state index in [1.54, 1.807) is 13.8 Å². The molecule has 0 radical (unpaired) electrons. The molecule has 0 bridgehead atoms. The molecule has 0 amide bonds. The summed E-state index contributed by atoms with van der Waals surface area (Å²) in [6.07, 6.45) is 5.51. The third-order valence-electron chi connectivity index (χ3n) is 6.24. The molecule has 0 aromatic carbocycles. The van der Waals surface area contributed by atoms with Gasteiger partial charge in [-0.2, -0.15) is 0 Å². The van der Waals surface area contributed by atoms with Crippen LogP contribution in [0.1, 0.15) is 65.2 Å². The van der Waals surface area contributed by atoms with E-state index in [1.165, 1.54) is 0 Å². The summed E-state index contributed by atoms with van der Waals surface area (Å²) in [6, 6.07) is 0. The number of nitrogens with zero attached hydrogens (tertiary/aromatic N) is 2. The molecule has 0 aromatic rings. The van der Waals surface area contributed by atoms with Gasteiger partial charge in [0.25, 0.3) is 5.70 Å². The molecule has 2 spiro atoms. The van der Waals surface area contributed by atoms with Crippen molar-refractivity contribution in [2.75, 3.05) is 46.2 Å². The first-order chi connectivity index (χ1) is 17.8. The van der Waals surface area contributed by atoms with Gasteiger partial charge in [0, 0.05) is 38.5 Å². The number of rotatable bonds is 4. The number of carbonyl (C=O) groups excluding carboxylic acids is 3. The van der Waals surface area contributed by atoms with Crippen LogP contribution >= 0.6 is 0 Å². The van der Waals surface area contributed by atoms with Crippen molar-refractivity contribution in [3.8, 4) is 0 Å². The highest BCUT2D eigenvalue weighted by Crippen LogP contribution is 2.39. The molecule has 4 rings (SSSR count). The Morgan fingerprint density at radius 1 is 0.811 bits per heavy atom. The molecular formula is C26H36N2O9. The Morgan fingerprint density at radius 3 is 1.68 bits per heavy atom. The number of esters is 2. The molecule has 37 heavy (non-hydrogen) atoms. The summed E-state index contributed by atoms with van der Waals surface area (Å²) in [5.41, 5.74) is 1.01. The van der Waals surface area contributed by atoms with Crippen LogP contribution in [0.5, 0.6) is 0 Å². The fraction of sp³-hybridized carbons (Fsp3) is 0.731. The second-order valence-corrected chi connectivity index (χ2v) is 8.66. The molecule has 4 aliphatic rings. The normalized spacial score (nSPS) is 21.0. The fourth-order valence-corrected chi connectivity index (χ4v) is 4.39. The first kappa shape index (κ1) is 30.4. The van der Waals surface area contributed by atoms with Crippen LogP contribution < -0.4 is 0 Å². The Kier molecular flexibility index (Phi) is 12.7. The topological polar surface area (TPSA) is 115 Å². The maximum Gasteiger partial charge on any atom is 0.387 e. The van der Waals surface area contributed by atoms with Gasteiger partial charge in [-0.25, -0.2) is 16.2 Å². The van der Waals surface area contributed by atoms with Crippen molar-refractivity contribution in [3.63, 3.8) is 0 Å². The van der Waals surface area contributed by atoms with E-state index in [-0.39, 0.29) is 18.0 Å². The van der Waals surface area contributed by atoms with Gasteiger partial charge in [-0.15, -0.1) is 0 Å². The second-order valence-electron chi connectivity index (χ2n) is 8.66. The van der Waals surface area contributed by atoms with Crippen molar-refractivity contribution in [2.24, 2.45) is 0 Å². The molecule has 2 saturated carbocycles. The Bertz CT molecular complexity index is 880. The average molecular weight is 521 g/mol. The van der Waals surface area contributed by atoms with Crippen molar-refractivity contribution in [2.45, 2.75) is 76.8 Å². The number of Topliss-reactive ketones (excluding diaryl/α,β-unsaturated/α-hetero) is 1. The van der Waals surface area contributed by atoms with Gasteiger partial charge in [0.1, 0.15) is 5.78 Å². The second kappa shape index (κ2) is 15.4. The molecule has 0 atom stereocenters. The van der Waals surface area contributed by atoms with Crippen LogP contribution in [-0.4, -0.2) is 75.5 Å². The van der Waals surface area contributed by atoms with Gasteiger partial charge in [-0.1, -0.05) is 5.57 Å². The summed E-state index contributed by atoms with van der Waals surface area (Å²) in [6.45, 7) is 19.9. The van der Waals surface area contributed by atoms with Crippen molar-refractivity contribution in [1.82, 2.24) is 0 Å². The van der Waals surface area contributed by atoms with Gasteiger partial charge in [0.05, 0.1) is 46.2 Å². The number of hydrogen-bond acceptors (Lipinski definition) is 9. The van der Waals surface area contributed by atoms with Gasteiger partial charge in [-0.3, -0.25) is 9.59 Å². The largest absolute Gasteiger partial charge is 0.471 e. The zero-order chi connectivity index (χ0) is 27.2. The number of allylic oxidation sites excluding steroid dienone is 1.